The second kappa shape index (κ2) is 6.85. The van der Waals surface area contributed by atoms with Crippen LogP contribution in [0.4, 0.5) is 5.69 Å². The van der Waals surface area contributed by atoms with Crippen LogP contribution in [0.25, 0.3) is 0 Å². The molecule has 0 spiro atoms. The van der Waals surface area contributed by atoms with Crippen molar-refractivity contribution in [3.63, 3.8) is 0 Å². The molecule has 4 aliphatic rings. The quantitative estimate of drug-likeness (QED) is 0.402. The van der Waals surface area contributed by atoms with Crippen molar-refractivity contribution in [2.24, 2.45) is 17.3 Å². The molecule has 0 aromatic heterocycles. The zero-order valence-corrected chi connectivity index (χ0v) is 16.8. The molecule has 1 aromatic rings. The third-order valence-electron chi connectivity index (χ3n) is 6.63. The van der Waals surface area contributed by atoms with Gasteiger partial charge in [-0.15, -0.1) is 0 Å². The molecule has 3 atom stereocenters. The van der Waals surface area contributed by atoms with E-state index in [4.69, 9.17) is 0 Å². The minimum absolute atomic E-state index is 0.00554. The van der Waals surface area contributed by atoms with E-state index in [0.29, 0.717) is 12.0 Å². The highest BCUT2D eigenvalue weighted by molar-refractivity contribution is 9.10. The number of nitrogens with one attached hydrogen (secondary N) is 1. The molecular formula is C20H25BrN2O4. The summed E-state index contributed by atoms with van der Waals surface area (Å²) in [6.07, 6.45) is 6.83. The van der Waals surface area contributed by atoms with E-state index in [-0.39, 0.29) is 27.9 Å². The zero-order valence-electron chi connectivity index (χ0n) is 15.2. The molecule has 146 valence electrons. The number of nitro groups is 1. The van der Waals surface area contributed by atoms with Crippen LogP contribution in [0.2, 0.25) is 0 Å². The first-order valence-corrected chi connectivity index (χ1v) is 10.4. The van der Waals surface area contributed by atoms with Crippen molar-refractivity contribution >= 4 is 27.5 Å². The molecule has 6 nitrogen and oxygen atoms in total. The van der Waals surface area contributed by atoms with E-state index in [9.17, 15) is 20.0 Å². The monoisotopic (exact) mass is 436 g/mol. The van der Waals surface area contributed by atoms with E-state index in [1.165, 1.54) is 43.5 Å². The Balaban J connectivity index is 1.33. The van der Waals surface area contributed by atoms with Crippen LogP contribution in [-0.2, 0) is 4.79 Å². The fourth-order valence-electron chi connectivity index (χ4n) is 6.09. The minimum Gasteiger partial charge on any atom is -0.387 e. The van der Waals surface area contributed by atoms with Crippen molar-refractivity contribution in [2.45, 2.75) is 55.4 Å². The molecule has 0 saturated heterocycles. The van der Waals surface area contributed by atoms with E-state index < -0.39 is 11.0 Å². The Bertz CT molecular complexity index is 737. The fourth-order valence-corrected chi connectivity index (χ4v) is 7.60. The van der Waals surface area contributed by atoms with Crippen LogP contribution in [0.1, 0.15) is 56.6 Å². The van der Waals surface area contributed by atoms with Crippen LogP contribution in [0.3, 0.4) is 0 Å². The SMILES string of the molecule is O=C(CC12CC3CC(CC(Br)(C3)C1)C2)NCC(O)c1ccc([N+](=O)[O-])cc1. The molecule has 4 aliphatic carbocycles. The average Bonchev–Trinajstić information content (AvgIpc) is 2.57. The molecule has 4 bridgehead atoms. The van der Waals surface area contributed by atoms with Crippen LogP contribution in [0.5, 0.6) is 0 Å². The summed E-state index contributed by atoms with van der Waals surface area (Å²) in [6.45, 7) is 0.124. The maximum atomic E-state index is 12.6. The number of aliphatic hydroxyl groups excluding tert-OH is 1. The standard InChI is InChI=1S/C20H25BrN2O4/c21-20-8-13-5-14(9-20)7-19(6-13,12-20)10-18(25)22-11-17(24)15-1-3-16(4-2-15)23(26)27/h1-4,13-14,17,24H,5-12H2,(H,22,25). The molecule has 2 N–H and O–H groups in total. The Morgan fingerprint density at radius 1 is 1.26 bits per heavy atom. The molecule has 0 heterocycles. The lowest BCUT2D eigenvalue weighted by Crippen LogP contribution is -2.54. The van der Waals surface area contributed by atoms with Gasteiger partial charge in [0.2, 0.25) is 5.91 Å². The van der Waals surface area contributed by atoms with Gasteiger partial charge >= 0.3 is 0 Å². The Morgan fingerprint density at radius 3 is 2.44 bits per heavy atom. The summed E-state index contributed by atoms with van der Waals surface area (Å²) in [4.78, 5) is 22.8. The van der Waals surface area contributed by atoms with Gasteiger partial charge in [0.25, 0.3) is 5.69 Å². The topological polar surface area (TPSA) is 92.5 Å². The first-order chi connectivity index (χ1) is 12.8. The van der Waals surface area contributed by atoms with E-state index in [1.807, 2.05) is 0 Å². The van der Waals surface area contributed by atoms with Crippen molar-refractivity contribution < 1.29 is 14.8 Å². The average molecular weight is 437 g/mol. The molecule has 3 unspecified atom stereocenters. The maximum absolute atomic E-state index is 12.6. The number of hydrogen-bond acceptors (Lipinski definition) is 4. The Kier molecular flexibility index (Phi) is 4.79. The van der Waals surface area contributed by atoms with Gasteiger partial charge in [-0.3, -0.25) is 14.9 Å². The van der Waals surface area contributed by atoms with Gasteiger partial charge in [0.05, 0.1) is 11.0 Å². The fraction of sp³-hybridized carbons (Fsp3) is 0.650. The lowest BCUT2D eigenvalue weighted by molar-refractivity contribution is -0.384. The highest BCUT2D eigenvalue weighted by Gasteiger charge is 2.57. The van der Waals surface area contributed by atoms with Gasteiger partial charge < -0.3 is 10.4 Å². The lowest BCUT2D eigenvalue weighted by Gasteiger charge is -2.60. The predicted octanol–water partition coefficient (Wildman–Crippen LogP) is 3.87. The number of hydrogen-bond donors (Lipinski definition) is 2. The highest BCUT2D eigenvalue weighted by atomic mass is 79.9. The summed E-state index contributed by atoms with van der Waals surface area (Å²) in [7, 11) is 0. The summed E-state index contributed by atoms with van der Waals surface area (Å²) in [6, 6.07) is 5.79. The van der Waals surface area contributed by atoms with E-state index >= 15 is 0 Å². The Labute approximate surface area is 167 Å². The van der Waals surface area contributed by atoms with Crippen LogP contribution in [0, 0.1) is 27.4 Å². The van der Waals surface area contributed by atoms with E-state index in [0.717, 1.165) is 31.1 Å². The summed E-state index contributed by atoms with van der Waals surface area (Å²) >= 11 is 3.97. The molecular weight excluding hydrogens is 412 g/mol. The number of aliphatic hydroxyl groups is 1. The molecule has 7 heteroatoms. The summed E-state index contributed by atoms with van der Waals surface area (Å²) in [5.74, 6) is 1.47. The second-order valence-electron chi connectivity index (χ2n) is 8.96. The first kappa shape index (κ1) is 18.9. The number of non-ortho nitro benzene ring substituents is 1. The lowest BCUT2D eigenvalue weighted by atomic mass is 9.48. The molecule has 27 heavy (non-hydrogen) atoms. The smallest absolute Gasteiger partial charge is 0.269 e. The van der Waals surface area contributed by atoms with Crippen LogP contribution < -0.4 is 5.32 Å². The van der Waals surface area contributed by atoms with Crippen LogP contribution in [0.15, 0.2) is 24.3 Å². The van der Waals surface area contributed by atoms with E-state index in [1.54, 1.807) is 0 Å². The number of halogens is 1. The number of carbonyl (C=O) groups is 1. The summed E-state index contributed by atoms with van der Waals surface area (Å²) in [5, 5.41) is 23.8. The van der Waals surface area contributed by atoms with Crippen molar-refractivity contribution in [3.8, 4) is 0 Å². The predicted molar refractivity (Wildman–Crippen MR) is 104 cm³/mol. The van der Waals surface area contributed by atoms with Gasteiger partial charge in [-0.1, -0.05) is 15.9 Å². The number of benzene rings is 1. The third kappa shape index (κ3) is 3.90. The summed E-state index contributed by atoms with van der Waals surface area (Å²) in [5.41, 5.74) is 0.659. The number of rotatable bonds is 6. The maximum Gasteiger partial charge on any atom is 0.269 e. The number of carbonyl (C=O) groups excluding carboxylic acids is 1. The Hall–Kier alpha value is -1.47. The van der Waals surface area contributed by atoms with Gasteiger partial charge in [-0.2, -0.15) is 0 Å². The number of amides is 1. The molecule has 5 rings (SSSR count). The van der Waals surface area contributed by atoms with E-state index in [2.05, 4.69) is 21.2 Å². The van der Waals surface area contributed by atoms with Gasteiger partial charge in [-0.05, 0) is 73.5 Å². The number of nitrogens with zero attached hydrogens (tertiary/aromatic N) is 1. The van der Waals surface area contributed by atoms with Gasteiger partial charge in [-0.25, -0.2) is 0 Å². The van der Waals surface area contributed by atoms with Crippen molar-refractivity contribution in [1.29, 1.82) is 0 Å². The van der Waals surface area contributed by atoms with Gasteiger partial charge in [0.15, 0.2) is 0 Å². The molecule has 0 radical (unpaired) electrons. The molecule has 1 aromatic carbocycles. The number of alkyl halides is 1. The van der Waals surface area contributed by atoms with Gasteiger partial charge in [0, 0.05) is 29.4 Å². The minimum atomic E-state index is -0.867. The first-order valence-electron chi connectivity index (χ1n) is 9.64. The molecule has 4 fully saturated rings. The third-order valence-corrected chi connectivity index (χ3v) is 7.56. The molecule has 4 saturated carbocycles. The van der Waals surface area contributed by atoms with Crippen LogP contribution in [-0.4, -0.2) is 26.8 Å². The highest BCUT2D eigenvalue weighted by Crippen LogP contribution is 2.65. The normalized spacial score (nSPS) is 35.0. The molecule has 1 amide bonds. The number of nitro benzene ring substituents is 1. The molecule has 0 aliphatic heterocycles. The second-order valence-corrected chi connectivity index (χ2v) is 10.6. The van der Waals surface area contributed by atoms with Crippen LogP contribution >= 0.6 is 15.9 Å². The van der Waals surface area contributed by atoms with Crippen molar-refractivity contribution in [2.75, 3.05) is 6.54 Å². The summed E-state index contributed by atoms with van der Waals surface area (Å²) < 4.78 is 0.232. The van der Waals surface area contributed by atoms with Gasteiger partial charge in [0.1, 0.15) is 0 Å². The zero-order chi connectivity index (χ0) is 19.2. The Morgan fingerprint density at radius 2 is 1.89 bits per heavy atom. The van der Waals surface area contributed by atoms with Crippen molar-refractivity contribution in [1.82, 2.24) is 5.32 Å². The van der Waals surface area contributed by atoms with Crippen molar-refractivity contribution in [3.05, 3.63) is 39.9 Å². The largest absolute Gasteiger partial charge is 0.387 e.